The summed E-state index contributed by atoms with van der Waals surface area (Å²) >= 11 is -2.85. The Morgan fingerprint density at radius 1 is 0.638 bits per heavy atom. The third-order valence-electron chi connectivity index (χ3n) is 10.4. The fourth-order valence-electron chi connectivity index (χ4n) is 7.40. The molecular formula is C44H50Cl2Zr. The zero-order chi connectivity index (χ0) is 32.2. The first kappa shape index (κ1) is 37.5. The molecule has 1 atom stereocenters. The van der Waals surface area contributed by atoms with Crippen LogP contribution in [0.25, 0.3) is 11.1 Å². The largest absolute Gasteiger partial charge is 1.00 e. The molecule has 1 unspecified atom stereocenters. The van der Waals surface area contributed by atoms with E-state index in [9.17, 15) is 0 Å². The van der Waals surface area contributed by atoms with Gasteiger partial charge in [0, 0.05) is 0 Å². The van der Waals surface area contributed by atoms with Crippen LogP contribution >= 0.6 is 0 Å². The van der Waals surface area contributed by atoms with Crippen molar-refractivity contribution in [2.45, 2.75) is 85.7 Å². The van der Waals surface area contributed by atoms with Gasteiger partial charge in [0.1, 0.15) is 0 Å². The van der Waals surface area contributed by atoms with E-state index in [1.54, 1.807) is 17.6 Å². The molecule has 2 aliphatic carbocycles. The summed E-state index contributed by atoms with van der Waals surface area (Å²) in [5.41, 5.74) is 18.8. The molecule has 4 aromatic carbocycles. The molecule has 47 heavy (non-hydrogen) atoms. The summed E-state index contributed by atoms with van der Waals surface area (Å²) in [7, 11) is 0. The molecule has 6 rings (SSSR count). The van der Waals surface area contributed by atoms with Crippen LogP contribution in [-0.2, 0) is 21.3 Å². The van der Waals surface area contributed by atoms with Crippen LogP contribution in [0, 0.1) is 52.9 Å². The number of halogens is 2. The van der Waals surface area contributed by atoms with Gasteiger partial charge in [-0.25, -0.2) is 0 Å². The Hall–Kier alpha value is -2.31. The first-order chi connectivity index (χ1) is 21.4. The van der Waals surface area contributed by atoms with Crippen molar-refractivity contribution < 1.29 is 46.1 Å². The van der Waals surface area contributed by atoms with E-state index < -0.39 is 21.3 Å². The minimum absolute atomic E-state index is 0. The van der Waals surface area contributed by atoms with Crippen molar-refractivity contribution in [2.75, 3.05) is 0 Å². The maximum absolute atomic E-state index is 2.85. The van der Waals surface area contributed by atoms with Crippen molar-refractivity contribution >= 4 is 3.21 Å². The molecular weight excluding hydrogens is 691 g/mol. The second-order valence-corrected chi connectivity index (χ2v) is 21.0. The number of benzene rings is 4. The van der Waals surface area contributed by atoms with Gasteiger partial charge in [0.05, 0.1) is 0 Å². The first-order valence-corrected chi connectivity index (χ1v) is 20.8. The number of fused-ring (bicyclic) bond motifs is 3. The number of allylic oxidation sites excluding steroid dienone is 4. The van der Waals surface area contributed by atoms with Crippen LogP contribution in [0.3, 0.4) is 0 Å². The van der Waals surface area contributed by atoms with Crippen LogP contribution in [0.15, 0.2) is 93.8 Å². The van der Waals surface area contributed by atoms with Crippen LogP contribution in [0.4, 0.5) is 0 Å². The molecule has 4 aromatic rings. The molecule has 0 aromatic heterocycles. The molecule has 244 valence electrons. The van der Waals surface area contributed by atoms with E-state index in [2.05, 4.69) is 154 Å². The molecule has 0 saturated carbocycles. The summed E-state index contributed by atoms with van der Waals surface area (Å²) in [5, 5.41) is 0. The maximum atomic E-state index is 2.71. The molecule has 0 heterocycles. The van der Waals surface area contributed by atoms with Crippen LogP contribution < -0.4 is 24.8 Å². The molecule has 0 bridgehead atoms. The fourth-order valence-corrected chi connectivity index (χ4v) is 17.0. The Labute approximate surface area is 304 Å². The normalized spacial score (nSPS) is 15.0. The van der Waals surface area contributed by atoms with Crippen LogP contribution in [0.5, 0.6) is 0 Å². The SMILES string of the molecule is CCCC1C=C(C(C)(C)C)C=[C]1[Zr+2](=[C](c1ccc(C)cc1)c1ccc(C)cc1)[CH]1c2cc(C)c(C)cc2-c2cc(C)c(C)cc21.[Cl-].[Cl-]. The fraction of sp³-hybridized carbons (Fsp3) is 0.341. The van der Waals surface area contributed by atoms with Crippen LogP contribution in [0.1, 0.15) is 99.8 Å². The van der Waals surface area contributed by atoms with Crippen molar-refractivity contribution in [3.05, 3.63) is 149 Å². The van der Waals surface area contributed by atoms with E-state index in [-0.39, 0.29) is 30.2 Å². The Balaban J connectivity index is 0.00000250. The van der Waals surface area contributed by atoms with Crippen molar-refractivity contribution in [3.63, 3.8) is 0 Å². The Morgan fingerprint density at radius 2 is 1.06 bits per heavy atom. The predicted molar refractivity (Wildman–Crippen MR) is 192 cm³/mol. The predicted octanol–water partition coefficient (Wildman–Crippen LogP) is 5.79. The van der Waals surface area contributed by atoms with Crippen LogP contribution in [0.2, 0.25) is 0 Å². The smallest absolute Gasteiger partial charge is 1.00 e. The summed E-state index contributed by atoms with van der Waals surface area (Å²) < 4.78 is 3.85. The zero-order valence-corrected chi connectivity index (χ0v) is 33.9. The van der Waals surface area contributed by atoms with Gasteiger partial charge in [0.25, 0.3) is 0 Å². The Kier molecular flexibility index (Phi) is 11.7. The third kappa shape index (κ3) is 7.20. The van der Waals surface area contributed by atoms with Crippen molar-refractivity contribution in [2.24, 2.45) is 11.3 Å². The van der Waals surface area contributed by atoms with Crippen LogP contribution in [-0.4, -0.2) is 3.21 Å². The number of rotatable bonds is 6. The van der Waals surface area contributed by atoms with Crippen molar-refractivity contribution in [1.29, 1.82) is 0 Å². The molecule has 0 spiro atoms. The number of hydrogen-bond donors (Lipinski definition) is 0. The zero-order valence-electron chi connectivity index (χ0n) is 29.9. The summed E-state index contributed by atoms with van der Waals surface area (Å²) in [6.07, 6.45) is 7.79. The van der Waals surface area contributed by atoms with E-state index >= 15 is 0 Å². The summed E-state index contributed by atoms with van der Waals surface area (Å²) in [5.74, 6) is 0.509. The van der Waals surface area contributed by atoms with Gasteiger partial charge >= 0.3 is 282 Å². The van der Waals surface area contributed by atoms with Gasteiger partial charge in [-0.15, -0.1) is 0 Å². The summed E-state index contributed by atoms with van der Waals surface area (Å²) in [4.78, 5) is 0. The van der Waals surface area contributed by atoms with Gasteiger partial charge in [0.2, 0.25) is 0 Å². The minimum atomic E-state index is -2.85. The molecule has 0 N–H and O–H groups in total. The maximum Gasteiger partial charge on any atom is -1.00 e. The summed E-state index contributed by atoms with van der Waals surface area (Å²) in [6.45, 7) is 23.2. The quantitative estimate of drug-likeness (QED) is 0.235. The molecule has 0 aliphatic heterocycles. The number of aryl methyl sites for hydroxylation is 6. The molecule has 2 aliphatic rings. The molecule has 0 amide bonds. The third-order valence-corrected chi connectivity index (χ3v) is 18.8. The van der Waals surface area contributed by atoms with E-state index in [1.807, 2.05) is 0 Å². The van der Waals surface area contributed by atoms with E-state index in [1.165, 1.54) is 74.0 Å². The van der Waals surface area contributed by atoms with E-state index in [0.717, 1.165) is 0 Å². The average Bonchev–Trinajstić information content (AvgIpc) is 3.53. The van der Waals surface area contributed by atoms with Gasteiger partial charge in [0.15, 0.2) is 0 Å². The average molecular weight is 741 g/mol. The van der Waals surface area contributed by atoms with Gasteiger partial charge in [-0.05, 0) is 0 Å². The molecule has 3 heteroatoms. The van der Waals surface area contributed by atoms with Gasteiger partial charge in [-0.3, -0.25) is 0 Å². The summed E-state index contributed by atoms with van der Waals surface area (Å²) in [6, 6.07) is 29.1. The monoisotopic (exact) mass is 738 g/mol. The van der Waals surface area contributed by atoms with E-state index in [0.29, 0.717) is 9.54 Å². The Morgan fingerprint density at radius 3 is 1.47 bits per heavy atom. The topological polar surface area (TPSA) is 0 Å². The van der Waals surface area contributed by atoms with Crippen molar-refractivity contribution in [3.8, 4) is 11.1 Å². The first-order valence-electron chi connectivity index (χ1n) is 16.9. The van der Waals surface area contributed by atoms with Crippen molar-refractivity contribution in [1.82, 2.24) is 0 Å². The molecule has 0 saturated heterocycles. The van der Waals surface area contributed by atoms with Gasteiger partial charge < -0.3 is 24.8 Å². The molecule has 0 nitrogen and oxygen atoms in total. The molecule has 0 fully saturated rings. The second kappa shape index (κ2) is 14.7. The molecule has 0 radical (unpaired) electrons. The second-order valence-electron chi connectivity index (χ2n) is 14.9. The van der Waals surface area contributed by atoms with E-state index in [4.69, 9.17) is 0 Å². The Bertz CT molecular complexity index is 1770. The van der Waals surface area contributed by atoms with Gasteiger partial charge in [-0.2, -0.15) is 0 Å². The standard InChI is InChI=1S/C17H17.C15H14.C12H19.2ClH.Zr/c1-10-5-14-9-15-6-11(2)13(4)8-17(15)16(14)7-12(10)3;1-12-3-7-14(8-4-12)11-15-9-5-13(2)6-10-15;1-5-6-10-7-8-11(9-10)12(2,3)4;;;/h5-9H,1-4H3;3-10H,1-2H3;8-10H,5-6H2,1-4H3;2*1H;/q;;;;;+2/p-2. The minimum Gasteiger partial charge on any atom is -1.00 e. The number of hydrogen-bond acceptors (Lipinski definition) is 0. The van der Waals surface area contributed by atoms with Gasteiger partial charge in [-0.1, -0.05) is 0 Å².